The van der Waals surface area contributed by atoms with Gasteiger partial charge in [-0.25, -0.2) is 0 Å². The third-order valence-electron chi connectivity index (χ3n) is 4.73. The molecule has 4 nitrogen and oxygen atoms in total. The molecule has 0 spiro atoms. The standard InChI is InChI=1S/C25H28ClNO3/c1-3-29-24-13-21(15-27-16-23(28)20-10-5-4-6-11-20)22(26)14-25(24)30-17-19-9-7-8-18(2)12-19/h4-14,23,27-28H,3,15-17H2,1-2H3. The van der Waals surface area contributed by atoms with Crippen LogP contribution < -0.4 is 14.8 Å². The lowest BCUT2D eigenvalue weighted by Crippen LogP contribution is -2.21. The van der Waals surface area contributed by atoms with Crippen molar-refractivity contribution in [3.05, 3.63) is 94.0 Å². The fourth-order valence-corrected chi connectivity index (χ4v) is 3.41. The monoisotopic (exact) mass is 425 g/mol. The molecule has 3 rings (SSSR count). The minimum absolute atomic E-state index is 0.427. The molecule has 0 saturated heterocycles. The van der Waals surface area contributed by atoms with Gasteiger partial charge in [0.05, 0.1) is 12.7 Å². The molecule has 0 aliphatic heterocycles. The molecule has 0 aliphatic rings. The van der Waals surface area contributed by atoms with Crippen LogP contribution in [0.3, 0.4) is 0 Å². The van der Waals surface area contributed by atoms with Gasteiger partial charge in [-0.15, -0.1) is 0 Å². The molecule has 0 heterocycles. The van der Waals surface area contributed by atoms with Crippen molar-refractivity contribution >= 4 is 11.6 Å². The predicted octanol–water partition coefficient (Wildman–Crippen LogP) is 5.45. The van der Waals surface area contributed by atoms with Crippen LogP contribution in [0.2, 0.25) is 5.02 Å². The summed E-state index contributed by atoms with van der Waals surface area (Å²) < 4.78 is 11.8. The summed E-state index contributed by atoms with van der Waals surface area (Å²) in [5, 5.41) is 14.2. The van der Waals surface area contributed by atoms with Crippen LogP contribution in [0.15, 0.2) is 66.7 Å². The molecule has 30 heavy (non-hydrogen) atoms. The second kappa shape index (κ2) is 11.0. The molecular weight excluding hydrogens is 398 g/mol. The van der Waals surface area contributed by atoms with E-state index in [2.05, 4.69) is 24.4 Å². The van der Waals surface area contributed by atoms with E-state index in [9.17, 15) is 5.11 Å². The number of nitrogens with one attached hydrogen (secondary N) is 1. The van der Waals surface area contributed by atoms with Gasteiger partial charge in [-0.3, -0.25) is 0 Å². The van der Waals surface area contributed by atoms with Crippen molar-refractivity contribution in [3.63, 3.8) is 0 Å². The third kappa shape index (κ3) is 6.23. The van der Waals surface area contributed by atoms with Crippen LogP contribution >= 0.6 is 11.6 Å². The van der Waals surface area contributed by atoms with Gasteiger partial charge in [0.15, 0.2) is 11.5 Å². The Morgan fingerprint density at radius 2 is 1.73 bits per heavy atom. The van der Waals surface area contributed by atoms with Gasteiger partial charge in [0, 0.05) is 24.2 Å². The SMILES string of the molecule is CCOc1cc(CNCC(O)c2ccccc2)c(Cl)cc1OCc1cccc(C)c1. The molecule has 0 bridgehead atoms. The summed E-state index contributed by atoms with van der Waals surface area (Å²) in [7, 11) is 0. The molecule has 0 aromatic heterocycles. The Kier molecular flexibility index (Phi) is 8.14. The van der Waals surface area contributed by atoms with Gasteiger partial charge in [0.1, 0.15) is 6.61 Å². The molecule has 0 fully saturated rings. The van der Waals surface area contributed by atoms with Gasteiger partial charge in [0.2, 0.25) is 0 Å². The largest absolute Gasteiger partial charge is 0.490 e. The highest BCUT2D eigenvalue weighted by Crippen LogP contribution is 2.34. The highest BCUT2D eigenvalue weighted by atomic mass is 35.5. The number of ether oxygens (including phenoxy) is 2. The van der Waals surface area contributed by atoms with E-state index >= 15 is 0 Å². The fourth-order valence-electron chi connectivity index (χ4n) is 3.19. The average molecular weight is 426 g/mol. The fraction of sp³-hybridized carbons (Fsp3) is 0.280. The van der Waals surface area contributed by atoms with Gasteiger partial charge in [-0.1, -0.05) is 71.8 Å². The van der Waals surface area contributed by atoms with Crippen LogP contribution in [-0.2, 0) is 13.2 Å². The zero-order valence-electron chi connectivity index (χ0n) is 17.4. The summed E-state index contributed by atoms with van der Waals surface area (Å²) in [4.78, 5) is 0. The zero-order valence-corrected chi connectivity index (χ0v) is 18.2. The molecule has 0 aliphatic carbocycles. The van der Waals surface area contributed by atoms with E-state index in [0.717, 1.165) is 16.7 Å². The normalized spacial score (nSPS) is 11.9. The topological polar surface area (TPSA) is 50.7 Å². The number of aliphatic hydroxyl groups excluding tert-OH is 1. The van der Waals surface area contributed by atoms with E-state index in [-0.39, 0.29) is 0 Å². The van der Waals surface area contributed by atoms with Crippen LogP contribution in [0.4, 0.5) is 0 Å². The highest BCUT2D eigenvalue weighted by molar-refractivity contribution is 6.31. The summed E-state index contributed by atoms with van der Waals surface area (Å²) in [5.41, 5.74) is 4.06. The van der Waals surface area contributed by atoms with E-state index in [1.807, 2.05) is 55.5 Å². The van der Waals surface area contributed by atoms with Gasteiger partial charge in [0.25, 0.3) is 0 Å². The lowest BCUT2D eigenvalue weighted by Gasteiger charge is -2.16. The molecule has 0 amide bonds. The maximum Gasteiger partial charge on any atom is 0.163 e. The number of rotatable bonds is 10. The van der Waals surface area contributed by atoms with E-state index in [1.54, 1.807) is 6.07 Å². The maximum absolute atomic E-state index is 10.3. The summed E-state index contributed by atoms with van der Waals surface area (Å²) in [5.74, 6) is 1.28. The van der Waals surface area contributed by atoms with Crippen LogP contribution in [-0.4, -0.2) is 18.3 Å². The second-order valence-electron chi connectivity index (χ2n) is 7.16. The van der Waals surface area contributed by atoms with Crippen molar-refractivity contribution in [3.8, 4) is 11.5 Å². The first kappa shape index (κ1) is 22.2. The van der Waals surface area contributed by atoms with E-state index in [4.69, 9.17) is 21.1 Å². The van der Waals surface area contributed by atoms with Crippen molar-refractivity contribution in [2.75, 3.05) is 13.2 Å². The Balaban J connectivity index is 1.64. The Bertz CT molecular complexity index is 946. The zero-order chi connectivity index (χ0) is 21.3. The molecule has 158 valence electrons. The van der Waals surface area contributed by atoms with E-state index in [1.165, 1.54) is 5.56 Å². The minimum Gasteiger partial charge on any atom is -0.490 e. The molecule has 5 heteroatoms. The van der Waals surface area contributed by atoms with Crippen molar-refractivity contribution in [2.45, 2.75) is 33.1 Å². The van der Waals surface area contributed by atoms with Crippen molar-refractivity contribution in [1.29, 1.82) is 0 Å². The van der Waals surface area contributed by atoms with Crippen LogP contribution in [0, 0.1) is 6.92 Å². The highest BCUT2D eigenvalue weighted by Gasteiger charge is 2.13. The lowest BCUT2D eigenvalue weighted by atomic mass is 10.1. The summed E-state index contributed by atoms with van der Waals surface area (Å²) >= 11 is 6.50. The van der Waals surface area contributed by atoms with Gasteiger partial charge in [-0.2, -0.15) is 0 Å². The molecule has 2 N–H and O–H groups in total. The van der Waals surface area contributed by atoms with Crippen LogP contribution in [0.25, 0.3) is 0 Å². The number of halogens is 1. The van der Waals surface area contributed by atoms with Crippen LogP contribution in [0.5, 0.6) is 11.5 Å². The molecule has 0 radical (unpaired) electrons. The molecule has 1 unspecified atom stereocenters. The second-order valence-corrected chi connectivity index (χ2v) is 7.57. The third-order valence-corrected chi connectivity index (χ3v) is 5.08. The number of hydrogen-bond donors (Lipinski definition) is 2. The van der Waals surface area contributed by atoms with Gasteiger partial charge >= 0.3 is 0 Å². The molecule has 3 aromatic carbocycles. The van der Waals surface area contributed by atoms with E-state index < -0.39 is 6.10 Å². The number of benzene rings is 3. The Morgan fingerprint density at radius 1 is 0.967 bits per heavy atom. The van der Waals surface area contributed by atoms with Gasteiger partial charge in [-0.05, 0) is 36.6 Å². The lowest BCUT2D eigenvalue weighted by molar-refractivity contribution is 0.174. The molecular formula is C25H28ClNO3. The number of hydrogen-bond acceptors (Lipinski definition) is 4. The summed E-state index contributed by atoms with van der Waals surface area (Å²) in [6, 6.07) is 21.5. The predicted molar refractivity (Wildman–Crippen MR) is 121 cm³/mol. The summed E-state index contributed by atoms with van der Waals surface area (Å²) in [6.45, 7) is 5.91. The molecule has 1 atom stereocenters. The first-order chi connectivity index (χ1) is 14.6. The Labute approximate surface area is 183 Å². The van der Waals surface area contributed by atoms with Crippen molar-refractivity contribution in [2.24, 2.45) is 0 Å². The van der Waals surface area contributed by atoms with Crippen LogP contribution in [0.1, 0.15) is 35.3 Å². The van der Waals surface area contributed by atoms with Crippen molar-refractivity contribution in [1.82, 2.24) is 5.32 Å². The quantitative estimate of drug-likeness (QED) is 0.453. The maximum atomic E-state index is 10.3. The van der Waals surface area contributed by atoms with E-state index in [0.29, 0.717) is 42.8 Å². The first-order valence-corrected chi connectivity index (χ1v) is 10.5. The molecule has 3 aromatic rings. The van der Waals surface area contributed by atoms with Gasteiger partial charge < -0.3 is 19.9 Å². The summed E-state index contributed by atoms with van der Waals surface area (Å²) in [6.07, 6.45) is -0.576. The average Bonchev–Trinajstić information content (AvgIpc) is 2.75. The van der Waals surface area contributed by atoms with Crippen molar-refractivity contribution < 1.29 is 14.6 Å². The Hall–Kier alpha value is -2.53. The smallest absolute Gasteiger partial charge is 0.163 e. The Morgan fingerprint density at radius 3 is 2.47 bits per heavy atom. The molecule has 0 saturated carbocycles. The number of aliphatic hydroxyl groups is 1. The first-order valence-electron chi connectivity index (χ1n) is 10.1. The minimum atomic E-state index is -0.576. The number of aryl methyl sites for hydroxylation is 1.